The van der Waals surface area contributed by atoms with E-state index < -0.39 is 35.5 Å². The number of nitrogens with one attached hydrogen (secondary N) is 1. The van der Waals surface area contributed by atoms with Crippen LogP contribution in [0.15, 0.2) is 24.3 Å². The summed E-state index contributed by atoms with van der Waals surface area (Å²) in [6.45, 7) is 5.31. The van der Waals surface area contributed by atoms with E-state index >= 15 is 0 Å². The van der Waals surface area contributed by atoms with Crippen LogP contribution in [0.5, 0.6) is 5.75 Å². The van der Waals surface area contributed by atoms with Crippen molar-refractivity contribution >= 4 is 5.91 Å². The molecule has 1 N–H and O–H groups in total. The van der Waals surface area contributed by atoms with Crippen molar-refractivity contribution in [2.24, 2.45) is 0 Å². The molecule has 0 aliphatic carbocycles. The number of carbonyl (C=O) groups is 1. The molecule has 2 aromatic rings. The zero-order valence-electron chi connectivity index (χ0n) is 16.9. The first-order chi connectivity index (χ1) is 14.2. The number of hydrogen-bond acceptors (Lipinski definition) is 3. The third-order valence-electron chi connectivity index (χ3n) is 4.84. The number of amides is 1. The molecule has 0 spiro atoms. The maximum atomic E-state index is 13.5. The van der Waals surface area contributed by atoms with Gasteiger partial charge < -0.3 is 19.4 Å². The number of H-pyrrole nitrogens is 1. The van der Waals surface area contributed by atoms with Crippen LogP contribution in [0.4, 0.5) is 26.3 Å². The molecule has 0 bridgehead atoms. The molecule has 1 saturated heterocycles. The van der Waals surface area contributed by atoms with E-state index in [2.05, 4.69) is 9.72 Å². The molecule has 31 heavy (non-hydrogen) atoms. The molecule has 0 saturated carbocycles. The molecule has 170 valence electrons. The van der Waals surface area contributed by atoms with Gasteiger partial charge in [-0.25, -0.2) is 0 Å². The molecule has 1 aromatic heterocycles. The first-order valence-electron chi connectivity index (χ1n) is 9.27. The van der Waals surface area contributed by atoms with Crippen LogP contribution in [0.3, 0.4) is 0 Å². The quantitative estimate of drug-likeness (QED) is 0.658. The van der Waals surface area contributed by atoms with Crippen molar-refractivity contribution < 1.29 is 40.6 Å². The molecule has 1 aromatic carbocycles. The Balaban J connectivity index is 2.05. The van der Waals surface area contributed by atoms with Gasteiger partial charge in [0.2, 0.25) is 0 Å². The third kappa shape index (κ3) is 5.15. The van der Waals surface area contributed by atoms with Crippen molar-refractivity contribution in [1.82, 2.24) is 9.88 Å². The summed E-state index contributed by atoms with van der Waals surface area (Å²) in [5.41, 5.74) is -2.15. The number of benzene rings is 1. The lowest BCUT2D eigenvalue weighted by Crippen LogP contribution is -2.50. The Bertz CT molecular complexity index is 961. The maximum absolute atomic E-state index is 13.5. The normalized spacial score (nSPS) is 17.0. The minimum atomic E-state index is -4.90. The highest BCUT2D eigenvalue weighted by atomic mass is 19.4. The Morgan fingerprint density at radius 1 is 1.13 bits per heavy atom. The van der Waals surface area contributed by atoms with Gasteiger partial charge in [0.25, 0.3) is 5.91 Å². The van der Waals surface area contributed by atoms with E-state index in [0.717, 1.165) is 12.1 Å². The lowest BCUT2D eigenvalue weighted by Gasteiger charge is -2.38. The standard InChI is InChI=1S/C20H20F6N2O3/c1-11-14(12-4-6-13(7-5-12)31-20(24,25)26)15(27-16(11)19(21,22)23)17(29)28-8-9-30-18(2,3)10-28/h4-7,27H,8-10H2,1-3H3. The Hall–Kier alpha value is -2.69. The van der Waals surface area contributed by atoms with E-state index in [1.807, 2.05) is 0 Å². The van der Waals surface area contributed by atoms with E-state index in [-0.39, 0.29) is 42.1 Å². The van der Waals surface area contributed by atoms with Gasteiger partial charge in [0.1, 0.15) is 17.1 Å². The second-order valence-corrected chi connectivity index (χ2v) is 7.78. The number of rotatable bonds is 3. The zero-order valence-corrected chi connectivity index (χ0v) is 16.9. The fraction of sp³-hybridized carbons (Fsp3) is 0.450. The van der Waals surface area contributed by atoms with Gasteiger partial charge in [0.05, 0.1) is 12.2 Å². The van der Waals surface area contributed by atoms with Crippen LogP contribution < -0.4 is 4.74 Å². The summed E-state index contributed by atoms with van der Waals surface area (Å²) in [7, 11) is 0. The minimum absolute atomic E-state index is 0.0276. The lowest BCUT2D eigenvalue weighted by molar-refractivity contribution is -0.274. The monoisotopic (exact) mass is 450 g/mol. The Kier molecular flexibility index (Phi) is 5.76. The van der Waals surface area contributed by atoms with Gasteiger partial charge in [-0.3, -0.25) is 4.79 Å². The van der Waals surface area contributed by atoms with E-state index in [0.29, 0.717) is 0 Å². The smallest absolute Gasteiger partial charge is 0.406 e. The molecule has 0 unspecified atom stereocenters. The Labute approximate surface area is 173 Å². The van der Waals surface area contributed by atoms with E-state index in [1.54, 1.807) is 13.8 Å². The molecule has 0 atom stereocenters. The second-order valence-electron chi connectivity index (χ2n) is 7.78. The SMILES string of the molecule is Cc1c(C(F)(F)F)[nH]c(C(=O)N2CCOC(C)(C)C2)c1-c1ccc(OC(F)(F)F)cc1. The van der Waals surface area contributed by atoms with Crippen molar-refractivity contribution in [3.63, 3.8) is 0 Å². The first kappa shape index (κ1) is 23.0. The summed E-state index contributed by atoms with van der Waals surface area (Å²) < 4.78 is 87.1. The number of ether oxygens (including phenoxy) is 2. The van der Waals surface area contributed by atoms with E-state index in [1.165, 1.54) is 24.0 Å². The fourth-order valence-corrected chi connectivity index (χ4v) is 3.57. The van der Waals surface area contributed by atoms with Crippen LogP contribution >= 0.6 is 0 Å². The van der Waals surface area contributed by atoms with Gasteiger partial charge in [-0.05, 0) is 44.0 Å². The molecule has 0 radical (unpaired) electrons. The average molecular weight is 450 g/mol. The molecule has 1 aliphatic heterocycles. The first-order valence-corrected chi connectivity index (χ1v) is 9.27. The number of nitrogens with zero attached hydrogens (tertiary/aromatic N) is 1. The topological polar surface area (TPSA) is 54.6 Å². The Morgan fingerprint density at radius 2 is 1.74 bits per heavy atom. The predicted molar refractivity (Wildman–Crippen MR) is 98.6 cm³/mol. The molecule has 1 aliphatic rings. The van der Waals surface area contributed by atoms with Gasteiger partial charge in [-0.15, -0.1) is 13.2 Å². The zero-order chi connectivity index (χ0) is 23.2. The molecule has 3 rings (SSSR count). The molecule has 11 heteroatoms. The van der Waals surface area contributed by atoms with Gasteiger partial charge in [0, 0.05) is 18.7 Å². The van der Waals surface area contributed by atoms with Crippen molar-refractivity contribution in [3.05, 3.63) is 41.2 Å². The molecule has 1 amide bonds. The molecule has 2 heterocycles. The highest BCUT2D eigenvalue weighted by Crippen LogP contribution is 2.39. The average Bonchev–Trinajstić information content (AvgIpc) is 2.97. The largest absolute Gasteiger partial charge is 0.573 e. The minimum Gasteiger partial charge on any atom is -0.406 e. The second kappa shape index (κ2) is 7.77. The van der Waals surface area contributed by atoms with Crippen molar-refractivity contribution in [2.75, 3.05) is 19.7 Å². The Morgan fingerprint density at radius 3 is 2.26 bits per heavy atom. The lowest BCUT2D eigenvalue weighted by atomic mass is 9.99. The van der Waals surface area contributed by atoms with Gasteiger partial charge in [0.15, 0.2) is 0 Å². The number of carbonyl (C=O) groups excluding carboxylic acids is 1. The van der Waals surface area contributed by atoms with Crippen molar-refractivity contribution in [3.8, 4) is 16.9 Å². The number of halogens is 6. The highest BCUT2D eigenvalue weighted by Gasteiger charge is 2.39. The number of alkyl halides is 6. The number of aromatic amines is 1. The number of morpholine rings is 1. The molecule has 5 nitrogen and oxygen atoms in total. The van der Waals surface area contributed by atoms with Crippen LogP contribution in [0, 0.1) is 6.92 Å². The molecular formula is C20H20F6N2O3. The summed E-state index contributed by atoms with van der Waals surface area (Å²) in [5, 5.41) is 0. The molecular weight excluding hydrogens is 430 g/mol. The number of aromatic nitrogens is 1. The number of hydrogen-bond donors (Lipinski definition) is 1. The van der Waals surface area contributed by atoms with Gasteiger partial charge >= 0.3 is 12.5 Å². The van der Waals surface area contributed by atoms with Crippen LogP contribution in [0.2, 0.25) is 0 Å². The molecule has 1 fully saturated rings. The fourth-order valence-electron chi connectivity index (χ4n) is 3.57. The van der Waals surface area contributed by atoms with E-state index in [4.69, 9.17) is 4.74 Å². The van der Waals surface area contributed by atoms with Crippen LogP contribution in [-0.4, -0.2) is 47.5 Å². The van der Waals surface area contributed by atoms with Crippen molar-refractivity contribution in [1.29, 1.82) is 0 Å². The third-order valence-corrected chi connectivity index (χ3v) is 4.84. The van der Waals surface area contributed by atoms with E-state index in [9.17, 15) is 31.1 Å². The summed E-state index contributed by atoms with van der Waals surface area (Å²) in [5.74, 6) is -1.18. The highest BCUT2D eigenvalue weighted by molar-refractivity contribution is 6.00. The maximum Gasteiger partial charge on any atom is 0.573 e. The van der Waals surface area contributed by atoms with Crippen LogP contribution in [0.25, 0.3) is 11.1 Å². The van der Waals surface area contributed by atoms with Crippen molar-refractivity contribution in [2.45, 2.75) is 38.9 Å². The predicted octanol–water partition coefficient (Wildman–Crippen LogP) is 5.16. The summed E-state index contributed by atoms with van der Waals surface area (Å²) in [4.78, 5) is 16.7. The summed E-state index contributed by atoms with van der Waals surface area (Å²) in [6.07, 6.45) is -9.65. The van der Waals surface area contributed by atoms with Crippen LogP contribution in [-0.2, 0) is 10.9 Å². The van der Waals surface area contributed by atoms with Gasteiger partial charge in [-0.1, -0.05) is 12.1 Å². The van der Waals surface area contributed by atoms with Crippen LogP contribution in [0.1, 0.15) is 35.6 Å². The summed E-state index contributed by atoms with van der Waals surface area (Å²) in [6, 6.07) is 4.32. The van der Waals surface area contributed by atoms with Gasteiger partial charge in [-0.2, -0.15) is 13.2 Å². The summed E-state index contributed by atoms with van der Waals surface area (Å²) >= 11 is 0.